The van der Waals surface area contributed by atoms with E-state index in [1.165, 1.54) is 0 Å². The summed E-state index contributed by atoms with van der Waals surface area (Å²) in [5.74, 6) is -0.289. The zero-order valence-electron chi connectivity index (χ0n) is 13.3. The number of benzene rings is 1. The van der Waals surface area contributed by atoms with Crippen molar-refractivity contribution in [3.05, 3.63) is 84.4 Å². The summed E-state index contributed by atoms with van der Waals surface area (Å²) < 4.78 is 5.18. The highest BCUT2D eigenvalue weighted by Gasteiger charge is 2.22. The van der Waals surface area contributed by atoms with E-state index < -0.39 is 6.04 Å². The fourth-order valence-corrected chi connectivity index (χ4v) is 2.33. The molecule has 0 amide bonds. The van der Waals surface area contributed by atoms with Crippen molar-refractivity contribution in [2.75, 3.05) is 6.61 Å². The Morgan fingerprint density at radius 1 is 1.35 bits per heavy atom. The van der Waals surface area contributed by atoms with Crippen LogP contribution >= 0.6 is 0 Å². The van der Waals surface area contributed by atoms with E-state index in [9.17, 15) is 4.79 Å². The summed E-state index contributed by atoms with van der Waals surface area (Å²) in [6.45, 7) is 10.1. The van der Waals surface area contributed by atoms with Crippen LogP contribution in [0.3, 0.4) is 0 Å². The molecule has 0 bridgehead atoms. The molecule has 1 unspecified atom stereocenters. The van der Waals surface area contributed by atoms with E-state index in [0.29, 0.717) is 18.7 Å². The van der Waals surface area contributed by atoms with Crippen molar-refractivity contribution in [3.8, 4) is 0 Å². The van der Waals surface area contributed by atoms with Crippen LogP contribution < -0.4 is 10.6 Å². The van der Waals surface area contributed by atoms with Gasteiger partial charge in [0.05, 0.1) is 6.61 Å². The first-order valence-corrected chi connectivity index (χ1v) is 7.60. The van der Waals surface area contributed by atoms with Crippen molar-refractivity contribution in [2.24, 2.45) is 0 Å². The molecule has 1 aromatic carbocycles. The summed E-state index contributed by atoms with van der Waals surface area (Å²) in [7, 11) is 0. The lowest BCUT2D eigenvalue weighted by Crippen LogP contribution is -2.40. The van der Waals surface area contributed by atoms with Gasteiger partial charge in [-0.25, -0.2) is 4.79 Å². The van der Waals surface area contributed by atoms with Gasteiger partial charge in [-0.3, -0.25) is 0 Å². The van der Waals surface area contributed by atoms with Crippen LogP contribution in [0.2, 0.25) is 0 Å². The van der Waals surface area contributed by atoms with Crippen molar-refractivity contribution in [3.63, 3.8) is 0 Å². The van der Waals surface area contributed by atoms with E-state index in [4.69, 9.17) is 4.74 Å². The van der Waals surface area contributed by atoms with Gasteiger partial charge >= 0.3 is 5.97 Å². The predicted octanol–water partition coefficient (Wildman–Crippen LogP) is 2.82. The summed E-state index contributed by atoms with van der Waals surface area (Å²) in [5.41, 5.74) is 3.28. The van der Waals surface area contributed by atoms with Crippen molar-refractivity contribution >= 4 is 5.97 Å². The Morgan fingerprint density at radius 2 is 2.09 bits per heavy atom. The predicted molar refractivity (Wildman–Crippen MR) is 92.3 cm³/mol. The Balaban J connectivity index is 2.12. The Kier molecular flexibility index (Phi) is 5.80. The quantitative estimate of drug-likeness (QED) is 0.760. The van der Waals surface area contributed by atoms with Crippen LogP contribution in [0.15, 0.2) is 78.8 Å². The van der Waals surface area contributed by atoms with E-state index >= 15 is 0 Å². The highest BCUT2D eigenvalue weighted by molar-refractivity contribution is 5.77. The molecule has 4 heteroatoms. The van der Waals surface area contributed by atoms with Gasteiger partial charge < -0.3 is 15.4 Å². The molecule has 0 fully saturated rings. The highest BCUT2D eigenvalue weighted by Crippen LogP contribution is 2.17. The number of allylic oxidation sites excluding steroid dienone is 2. The van der Waals surface area contributed by atoms with Crippen LogP contribution in [0.5, 0.6) is 0 Å². The zero-order chi connectivity index (χ0) is 16.7. The normalized spacial score (nSPS) is 14.5. The molecule has 1 aromatic rings. The minimum Gasteiger partial charge on any atom is -0.464 e. The van der Waals surface area contributed by atoms with Gasteiger partial charge in [0.2, 0.25) is 0 Å². The summed E-state index contributed by atoms with van der Waals surface area (Å²) in [5, 5.41) is 6.21. The molecule has 4 nitrogen and oxygen atoms in total. The molecule has 0 aromatic heterocycles. The second-order valence-corrected chi connectivity index (χ2v) is 5.18. The molecule has 0 saturated heterocycles. The lowest BCUT2D eigenvalue weighted by atomic mass is 10.0. The highest BCUT2D eigenvalue weighted by atomic mass is 16.5. The summed E-state index contributed by atoms with van der Waals surface area (Å²) in [6, 6.07) is 9.33. The number of rotatable bonds is 7. The van der Waals surface area contributed by atoms with Gasteiger partial charge in [0.1, 0.15) is 6.04 Å². The Morgan fingerprint density at radius 3 is 2.74 bits per heavy atom. The average molecular weight is 310 g/mol. The molecule has 0 saturated carbocycles. The molecule has 1 aliphatic heterocycles. The maximum absolute atomic E-state index is 12.3. The molecule has 2 rings (SSSR count). The topological polar surface area (TPSA) is 50.4 Å². The number of hydrogen-bond acceptors (Lipinski definition) is 4. The molecule has 0 radical (unpaired) electrons. The standard InChI is InChI=1S/C19H22N2O2/c1-4-23-19(22)18(13-16-9-6-5-7-10-16)21-15(3)17-11-8-12-20-14(17)2/h5-12,18,20-21H,2-4,13H2,1H3. The third-order valence-electron chi connectivity index (χ3n) is 3.47. The minimum absolute atomic E-state index is 0.289. The van der Waals surface area contributed by atoms with Crippen LogP contribution in [0, 0.1) is 0 Å². The van der Waals surface area contributed by atoms with E-state index in [1.807, 2.05) is 42.5 Å². The van der Waals surface area contributed by atoms with E-state index in [0.717, 1.165) is 16.8 Å². The van der Waals surface area contributed by atoms with Gasteiger partial charge in [-0.1, -0.05) is 43.5 Å². The van der Waals surface area contributed by atoms with Crippen LogP contribution in [0.25, 0.3) is 0 Å². The fourth-order valence-electron chi connectivity index (χ4n) is 2.33. The third-order valence-corrected chi connectivity index (χ3v) is 3.47. The van der Waals surface area contributed by atoms with Crippen LogP contribution in [0.1, 0.15) is 12.5 Å². The molecule has 2 N–H and O–H groups in total. The number of hydrogen-bond donors (Lipinski definition) is 2. The smallest absolute Gasteiger partial charge is 0.328 e. The molecule has 1 heterocycles. The number of carbonyl (C=O) groups is 1. The lowest BCUT2D eigenvalue weighted by molar-refractivity contribution is -0.145. The number of carbonyl (C=O) groups excluding carboxylic acids is 1. The van der Waals surface area contributed by atoms with Crippen molar-refractivity contribution in [2.45, 2.75) is 19.4 Å². The lowest BCUT2D eigenvalue weighted by Gasteiger charge is -2.23. The first kappa shape index (κ1) is 16.6. The molecule has 0 spiro atoms. The Bertz CT molecular complexity index is 645. The first-order valence-electron chi connectivity index (χ1n) is 7.60. The monoisotopic (exact) mass is 310 g/mol. The first-order chi connectivity index (χ1) is 11.1. The summed E-state index contributed by atoms with van der Waals surface area (Å²) in [4.78, 5) is 12.3. The van der Waals surface area contributed by atoms with Crippen LogP contribution in [0.4, 0.5) is 0 Å². The van der Waals surface area contributed by atoms with Crippen molar-refractivity contribution in [1.29, 1.82) is 0 Å². The van der Waals surface area contributed by atoms with Crippen LogP contribution in [-0.2, 0) is 16.0 Å². The second kappa shape index (κ2) is 8.03. The van der Waals surface area contributed by atoms with Gasteiger partial charge in [-0.2, -0.15) is 0 Å². The Labute approximate surface area is 137 Å². The number of nitrogens with one attached hydrogen (secondary N) is 2. The SMILES string of the molecule is C=C1NC=CC=C1C(=C)NC(Cc1ccccc1)C(=O)OCC. The third kappa shape index (κ3) is 4.61. The number of esters is 1. The maximum Gasteiger partial charge on any atom is 0.328 e. The minimum atomic E-state index is -0.496. The number of ether oxygens (including phenoxy) is 1. The summed E-state index contributed by atoms with van der Waals surface area (Å²) >= 11 is 0. The van der Waals surface area contributed by atoms with Crippen molar-refractivity contribution in [1.82, 2.24) is 10.6 Å². The average Bonchev–Trinajstić information content (AvgIpc) is 2.55. The van der Waals surface area contributed by atoms with E-state index in [2.05, 4.69) is 23.8 Å². The number of dihydropyridines is 1. The molecular weight excluding hydrogens is 288 g/mol. The largest absolute Gasteiger partial charge is 0.464 e. The molecule has 23 heavy (non-hydrogen) atoms. The fraction of sp³-hybridized carbons (Fsp3) is 0.211. The second-order valence-electron chi connectivity index (χ2n) is 5.18. The van der Waals surface area contributed by atoms with Crippen LogP contribution in [-0.4, -0.2) is 18.6 Å². The maximum atomic E-state index is 12.3. The molecular formula is C19H22N2O2. The van der Waals surface area contributed by atoms with Gasteiger partial charge in [0.25, 0.3) is 0 Å². The van der Waals surface area contributed by atoms with Gasteiger partial charge in [-0.05, 0) is 24.6 Å². The van der Waals surface area contributed by atoms with Crippen molar-refractivity contribution < 1.29 is 9.53 Å². The Hall–Kier alpha value is -2.75. The zero-order valence-corrected chi connectivity index (χ0v) is 13.3. The summed E-state index contributed by atoms with van der Waals surface area (Å²) in [6.07, 6.45) is 6.10. The molecule has 0 aliphatic carbocycles. The van der Waals surface area contributed by atoms with Gasteiger partial charge in [-0.15, -0.1) is 0 Å². The van der Waals surface area contributed by atoms with E-state index in [1.54, 1.807) is 13.1 Å². The molecule has 1 atom stereocenters. The van der Waals surface area contributed by atoms with Gasteiger partial charge in [0.15, 0.2) is 0 Å². The van der Waals surface area contributed by atoms with E-state index in [-0.39, 0.29) is 5.97 Å². The van der Waals surface area contributed by atoms with Gasteiger partial charge in [0, 0.05) is 29.6 Å². The molecule has 120 valence electrons. The molecule has 1 aliphatic rings.